The highest BCUT2D eigenvalue weighted by Crippen LogP contribution is 2.27. The van der Waals surface area contributed by atoms with Gasteiger partial charge in [-0.1, -0.05) is 12.8 Å². The second kappa shape index (κ2) is 7.64. The third kappa shape index (κ3) is 5.43. The lowest BCUT2D eigenvalue weighted by Crippen LogP contribution is -2.48. The van der Waals surface area contributed by atoms with Crippen molar-refractivity contribution in [3.63, 3.8) is 0 Å². The Morgan fingerprint density at radius 2 is 1.82 bits per heavy atom. The van der Waals surface area contributed by atoms with Gasteiger partial charge in [-0.25, -0.2) is 4.79 Å². The molecular formula is C17H32N2O3. The number of rotatable bonds is 4. The summed E-state index contributed by atoms with van der Waals surface area (Å²) >= 11 is 0. The van der Waals surface area contributed by atoms with Crippen LogP contribution in [-0.4, -0.2) is 53.5 Å². The SMILES string of the molecule is CC(C)(C)OC(=O)N1CCC(NCC(O)C2CCCC2)CC1. The number of hydrogen-bond acceptors (Lipinski definition) is 4. The van der Waals surface area contributed by atoms with Crippen LogP contribution in [0.3, 0.4) is 0 Å². The molecule has 0 spiro atoms. The standard InChI is InChI=1S/C17H32N2O3/c1-17(2,3)22-16(21)19-10-8-14(9-11-19)18-12-15(20)13-6-4-5-7-13/h13-15,18,20H,4-12H2,1-3H3. The topological polar surface area (TPSA) is 61.8 Å². The lowest BCUT2D eigenvalue weighted by molar-refractivity contribution is 0.0191. The van der Waals surface area contributed by atoms with Gasteiger partial charge < -0.3 is 20.1 Å². The zero-order valence-electron chi connectivity index (χ0n) is 14.3. The zero-order chi connectivity index (χ0) is 16.2. The van der Waals surface area contributed by atoms with Crippen LogP contribution in [0.5, 0.6) is 0 Å². The Balaban J connectivity index is 1.65. The Bertz CT molecular complexity index is 353. The van der Waals surface area contributed by atoms with E-state index in [1.807, 2.05) is 20.8 Å². The van der Waals surface area contributed by atoms with Crippen LogP contribution in [0, 0.1) is 5.92 Å². The van der Waals surface area contributed by atoms with Crippen molar-refractivity contribution >= 4 is 6.09 Å². The van der Waals surface area contributed by atoms with Crippen LogP contribution >= 0.6 is 0 Å². The second-order valence-corrected chi connectivity index (χ2v) is 7.76. The maximum absolute atomic E-state index is 12.0. The Morgan fingerprint density at radius 3 is 2.36 bits per heavy atom. The molecule has 2 rings (SSSR count). The lowest BCUT2D eigenvalue weighted by Gasteiger charge is -2.34. The molecule has 1 saturated carbocycles. The minimum absolute atomic E-state index is 0.211. The number of amides is 1. The van der Waals surface area contributed by atoms with E-state index in [4.69, 9.17) is 4.74 Å². The predicted molar refractivity (Wildman–Crippen MR) is 86.8 cm³/mol. The molecule has 0 radical (unpaired) electrons. The number of ether oxygens (including phenoxy) is 1. The van der Waals surface area contributed by atoms with Gasteiger partial charge >= 0.3 is 6.09 Å². The van der Waals surface area contributed by atoms with Crippen molar-refractivity contribution in [1.29, 1.82) is 0 Å². The van der Waals surface area contributed by atoms with Crippen LogP contribution in [0.1, 0.15) is 59.3 Å². The van der Waals surface area contributed by atoms with Gasteiger partial charge in [0, 0.05) is 25.7 Å². The van der Waals surface area contributed by atoms with Crippen molar-refractivity contribution in [3.05, 3.63) is 0 Å². The van der Waals surface area contributed by atoms with Crippen LogP contribution in [0.15, 0.2) is 0 Å². The molecule has 22 heavy (non-hydrogen) atoms. The number of carbonyl (C=O) groups excluding carboxylic acids is 1. The van der Waals surface area contributed by atoms with Crippen molar-refractivity contribution in [2.45, 2.75) is 77.0 Å². The van der Waals surface area contributed by atoms with Crippen LogP contribution in [0.25, 0.3) is 0 Å². The summed E-state index contributed by atoms with van der Waals surface area (Å²) in [7, 11) is 0. The van der Waals surface area contributed by atoms with Gasteiger partial charge in [0.1, 0.15) is 5.60 Å². The number of carbonyl (C=O) groups is 1. The van der Waals surface area contributed by atoms with Gasteiger partial charge in [-0.15, -0.1) is 0 Å². The van der Waals surface area contributed by atoms with E-state index in [9.17, 15) is 9.90 Å². The molecule has 2 N–H and O–H groups in total. The van der Waals surface area contributed by atoms with Crippen LogP contribution in [-0.2, 0) is 4.74 Å². The minimum atomic E-state index is -0.433. The normalized spacial score (nSPS) is 22.8. The first kappa shape index (κ1) is 17.5. The monoisotopic (exact) mass is 312 g/mol. The molecule has 1 heterocycles. The molecule has 1 unspecified atom stereocenters. The first-order valence-corrected chi connectivity index (χ1v) is 8.74. The molecule has 0 aromatic rings. The molecule has 1 atom stereocenters. The van der Waals surface area contributed by atoms with Crippen LogP contribution in [0.2, 0.25) is 0 Å². The first-order valence-electron chi connectivity index (χ1n) is 8.74. The molecule has 1 amide bonds. The number of nitrogens with one attached hydrogen (secondary N) is 1. The molecule has 5 nitrogen and oxygen atoms in total. The van der Waals surface area contributed by atoms with E-state index >= 15 is 0 Å². The van der Waals surface area contributed by atoms with Gasteiger partial charge in [-0.05, 0) is 52.4 Å². The summed E-state index contributed by atoms with van der Waals surface area (Å²) in [4.78, 5) is 13.8. The summed E-state index contributed by atoms with van der Waals surface area (Å²) in [5.41, 5.74) is -0.433. The molecule has 1 aliphatic heterocycles. The summed E-state index contributed by atoms with van der Waals surface area (Å²) in [5.74, 6) is 0.481. The third-order valence-corrected chi connectivity index (χ3v) is 4.71. The van der Waals surface area contributed by atoms with E-state index < -0.39 is 5.60 Å². The first-order chi connectivity index (χ1) is 10.3. The highest BCUT2D eigenvalue weighted by atomic mass is 16.6. The van der Waals surface area contributed by atoms with Crippen molar-refractivity contribution in [2.24, 2.45) is 5.92 Å². The third-order valence-electron chi connectivity index (χ3n) is 4.71. The molecule has 0 bridgehead atoms. The average molecular weight is 312 g/mol. The number of hydrogen-bond donors (Lipinski definition) is 2. The van der Waals surface area contributed by atoms with Crippen molar-refractivity contribution < 1.29 is 14.6 Å². The molecular weight excluding hydrogens is 280 g/mol. The predicted octanol–water partition coefficient (Wildman–Crippen LogP) is 2.53. The molecule has 2 fully saturated rings. The summed E-state index contributed by atoms with van der Waals surface area (Å²) in [6, 6.07) is 0.398. The Morgan fingerprint density at radius 1 is 1.23 bits per heavy atom. The van der Waals surface area contributed by atoms with E-state index in [1.165, 1.54) is 25.7 Å². The van der Waals surface area contributed by atoms with Gasteiger partial charge in [0.15, 0.2) is 0 Å². The maximum atomic E-state index is 12.0. The number of nitrogens with zero attached hydrogens (tertiary/aromatic N) is 1. The number of aliphatic hydroxyl groups excluding tert-OH is 1. The fraction of sp³-hybridized carbons (Fsp3) is 0.941. The van der Waals surface area contributed by atoms with Gasteiger partial charge in [0.05, 0.1) is 6.10 Å². The summed E-state index contributed by atoms with van der Waals surface area (Å²) in [6.07, 6.45) is 6.28. The number of likely N-dealkylation sites (tertiary alicyclic amines) is 1. The van der Waals surface area contributed by atoms with Crippen LogP contribution in [0.4, 0.5) is 4.79 Å². The number of aliphatic hydroxyl groups is 1. The van der Waals surface area contributed by atoms with E-state index in [-0.39, 0.29) is 12.2 Å². The van der Waals surface area contributed by atoms with E-state index in [0.29, 0.717) is 18.5 Å². The molecule has 128 valence electrons. The summed E-state index contributed by atoms with van der Waals surface area (Å²) in [5, 5.41) is 13.7. The number of piperidine rings is 1. The molecule has 5 heteroatoms. The van der Waals surface area contributed by atoms with E-state index in [0.717, 1.165) is 25.9 Å². The fourth-order valence-corrected chi connectivity index (χ4v) is 3.39. The Labute approximate surface area is 134 Å². The average Bonchev–Trinajstić information content (AvgIpc) is 2.97. The summed E-state index contributed by atoms with van der Waals surface area (Å²) < 4.78 is 5.40. The maximum Gasteiger partial charge on any atom is 0.410 e. The highest BCUT2D eigenvalue weighted by molar-refractivity contribution is 5.68. The van der Waals surface area contributed by atoms with Crippen LogP contribution < -0.4 is 5.32 Å². The molecule has 1 aliphatic carbocycles. The largest absolute Gasteiger partial charge is 0.444 e. The Kier molecular flexibility index (Phi) is 6.09. The van der Waals surface area contributed by atoms with E-state index in [2.05, 4.69) is 5.32 Å². The molecule has 1 saturated heterocycles. The minimum Gasteiger partial charge on any atom is -0.444 e. The van der Waals surface area contributed by atoms with Crippen molar-refractivity contribution in [3.8, 4) is 0 Å². The fourth-order valence-electron chi connectivity index (χ4n) is 3.39. The summed E-state index contributed by atoms with van der Waals surface area (Å²) in [6.45, 7) is 7.82. The molecule has 2 aliphatic rings. The molecule has 0 aromatic carbocycles. The molecule has 0 aromatic heterocycles. The lowest BCUT2D eigenvalue weighted by atomic mass is 9.99. The van der Waals surface area contributed by atoms with Gasteiger partial charge in [0.25, 0.3) is 0 Å². The highest BCUT2D eigenvalue weighted by Gasteiger charge is 2.28. The van der Waals surface area contributed by atoms with Gasteiger partial charge in [-0.3, -0.25) is 0 Å². The quantitative estimate of drug-likeness (QED) is 0.837. The van der Waals surface area contributed by atoms with Gasteiger partial charge in [-0.2, -0.15) is 0 Å². The zero-order valence-corrected chi connectivity index (χ0v) is 14.3. The second-order valence-electron chi connectivity index (χ2n) is 7.76. The Hall–Kier alpha value is -0.810. The smallest absolute Gasteiger partial charge is 0.410 e. The van der Waals surface area contributed by atoms with Crippen molar-refractivity contribution in [2.75, 3.05) is 19.6 Å². The van der Waals surface area contributed by atoms with Gasteiger partial charge in [0.2, 0.25) is 0 Å². The van der Waals surface area contributed by atoms with Crippen molar-refractivity contribution in [1.82, 2.24) is 10.2 Å². The van der Waals surface area contributed by atoms with E-state index in [1.54, 1.807) is 4.90 Å².